The number of carbonyl (C=O) groups is 1. The molecule has 1 aromatic carbocycles. The second-order valence-corrected chi connectivity index (χ2v) is 6.88. The number of anilines is 1. The topological polar surface area (TPSA) is 73.6 Å². The predicted octanol–water partition coefficient (Wildman–Crippen LogP) is 3.42. The molecule has 1 fully saturated rings. The molecule has 3 N–H and O–H groups in total. The largest absolute Gasteiger partial charge is 0.495 e. The zero-order chi connectivity index (χ0) is 16.4. The van der Waals surface area contributed by atoms with Crippen LogP contribution in [0.15, 0.2) is 18.2 Å². The van der Waals surface area contributed by atoms with E-state index >= 15 is 0 Å². The number of ether oxygens (including phenoxy) is 2. The lowest BCUT2D eigenvalue weighted by atomic mass is 9.64. The minimum atomic E-state index is -0.540. The second kappa shape index (κ2) is 6.16. The minimum absolute atomic E-state index is 0.0383. The summed E-state index contributed by atoms with van der Waals surface area (Å²) < 4.78 is 10.6. The molecule has 1 aromatic rings. The molecule has 0 aliphatic heterocycles. The zero-order valence-corrected chi connectivity index (χ0v) is 13.9. The molecule has 5 nitrogen and oxygen atoms in total. The third-order valence-electron chi connectivity index (χ3n) is 4.15. The van der Waals surface area contributed by atoms with Crippen LogP contribution in [0, 0.1) is 0 Å². The lowest BCUT2D eigenvalue weighted by molar-refractivity contribution is 0.0635. The van der Waals surface area contributed by atoms with Crippen molar-refractivity contribution in [2.75, 3.05) is 19.0 Å². The number of hydrogen-bond donors (Lipinski definition) is 2. The van der Waals surface area contributed by atoms with E-state index in [4.69, 9.17) is 15.2 Å². The first-order valence-corrected chi connectivity index (χ1v) is 7.68. The van der Waals surface area contributed by atoms with Crippen LogP contribution < -0.4 is 15.8 Å². The Morgan fingerprint density at radius 1 is 1.36 bits per heavy atom. The molecule has 0 aromatic heterocycles. The van der Waals surface area contributed by atoms with E-state index in [1.165, 1.54) is 6.42 Å². The van der Waals surface area contributed by atoms with E-state index in [0.29, 0.717) is 18.0 Å². The summed E-state index contributed by atoms with van der Waals surface area (Å²) in [6, 6.07) is 5.86. The van der Waals surface area contributed by atoms with E-state index in [2.05, 4.69) is 5.32 Å². The molecule has 0 spiro atoms. The summed E-state index contributed by atoms with van der Waals surface area (Å²) in [7, 11) is 1.58. The molecule has 0 heterocycles. The molecule has 1 aliphatic carbocycles. The molecule has 0 atom stereocenters. The standard InChI is InChI=1S/C17H26N2O3/c1-16(2,3)22-15(20)19-13-10-12(6-7-14(13)21-4)17(11-18)8-5-9-17/h6-7,10H,5,8-9,11,18H2,1-4H3,(H,19,20). The van der Waals surface area contributed by atoms with Crippen molar-refractivity contribution in [3.63, 3.8) is 0 Å². The Labute approximate surface area is 132 Å². The van der Waals surface area contributed by atoms with Crippen LogP contribution in [0.25, 0.3) is 0 Å². The fourth-order valence-corrected chi connectivity index (χ4v) is 2.76. The third kappa shape index (κ3) is 3.53. The summed E-state index contributed by atoms with van der Waals surface area (Å²) >= 11 is 0. The van der Waals surface area contributed by atoms with Crippen LogP contribution in [0.5, 0.6) is 5.75 Å². The SMILES string of the molecule is COc1ccc(C2(CN)CCC2)cc1NC(=O)OC(C)(C)C. The highest BCUT2D eigenvalue weighted by Crippen LogP contribution is 2.44. The van der Waals surface area contributed by atoms with Crippen LogP contribution >= 0.6 is 0 Å². The average molecular weight is 306 g/mol. The molecule has 122 valence electrons. The Balaban J connectivity index is 2.23. The van der Waals surface area contributed by atoms with Gasteiger partial charge < -0.3 is 15.2 Å². The van der Waals surface area contributed by atoms with Gasteiger partial charge in [-0.3, -0.25) is 5.32 Å². The van der Waals surface area contributed by atoms with E-state index in [-0.39, 0.29) is 5.41 Å². The molecule has 22 heavy (non-hydrogen) atoms. The maximum Gasteiger partial charge on any atom is 0.412 e. The van der Waals surface area contributed by atoms with Gasteiger partial charge in [0.05, 0.1) is 12.8 Å². The van der Waals surface area contributed by atoms with Gasteiger partial charge >= 0.3 is 6.09 Å². The zero-order valence-electron chi connectivity index (χ0n) is 13.9. The van der Waals surface area contributed by atoms with Crippen LogP contribution in [0.3, 0.4) is 0 Å². The maximum absolute atomic E-state index is 12.0. The molecule has 0 saturated heterocycles. The normalized spacial score (nSPS) is 16.6. The first-order valence-electron chi connectivity index (χ1n) is 7.68. The smallest absolute Gasteiger partial charge is 0.412 e. The van der Waals surface area contributed by atoms with Gasteiger partial charge in [0.2, 0.25) is 0 Å². The van der Waals surface area contributed by atoms with Crippen molar-refractivity contribution >= 4 is 11.8 Å². The third-order valence-corrected chi connectivity index (χ3v) is 4.15. The van der Waals surface area contributed by atoms with Crippen molar-refractivity contribution in [3.05, 3.63) is 23.8 Å². The Morgan fingerprint density at radius 3 is 2.50 bits per heavy atom. The van der Waals surface area contributed by atoms with Gasteiger partial charge in [-0.15, -0.1) is 0 Å². The Bertz CT molecular complexity index is 540. The molecule has 0 radical (unpaired) electrons. The quantitative estimate of drug-likeness (QED) is 0.894. The molecule has 5 heteroatoms. The predicted molar refractivity (Wildman–Crippen MR) is 87.4 cm³/mol. The van der Waals surface area contributed by atoms with Crippen molar-refractivity contribution < 1.29 is 14.3 Å². The number of amides is 1. The first-order chi connectivity index (χ1) is 10.3. The van der Waals surface area contributed by atoms with Gasteiger partial charge in [0, 0.05) is 12.0 Å². The van der Waals surface area contributed by atoms with Crippen molar-refractivity contribution in [1.29, 1.82) is 0 Å². The molecule has 0 unspecified atom stereocenters. The highest BCUT2D eigenvalue weighted by molar-refractivity contribution is 5.87. The second-order valence-electron chi connectivity index (χ2n) is 6.88. The summed E-state index contributed by atoms with van der Waals surface area (Å²) in [5, 5.41) is 2.78. The molecule has 1 saturated carbocycles. The summed E-state index contributed by atoms with van der Waals surface area (Å²) in [4.78, 5) is 12.0. The van der Waals surface area contributed by atoms with Gasteiger partial charge in [-0.25, -0.2) is 4.79 Å². The first kappa shape index (κ1) is 16.6. The number of carbonyl (C=O) groups excluding carboxylic acids is 1. The van der Waals surface area contributed by atoms with E-state index in [1.807, 2.05) is 39.0 Å². The van der Waals surface area contributed by atoms with Gasteiger partial charge in [0.1, 0.15) is 11.4 Å². The molecule has 2 rings (SSSR count). The minimum Gasteiger partial charge on any atom is -0.495 e. The number of benzene rings is 1. The average Bonchev–Trinajstić information content (AvgIpc) is 2.36. The van der Waals surface area contributed by atoms with Crippen molar-refractivity contribution in [1.82, 2.24) is 0 Å². The lowest BCUT2D eigenvalue weighted by Gasteiger charge is -2.41. The van der Waals surface area contributed by atoms with Gasteiger partial charge in [-0.1, -0.05) is 12.5 Å². The number of hydrogen-bond acceptors (Lipinski definition) is 4. The van der Waals surface area contributed by atoms with E-state index in [0.717, 1.165) is 18.4 Å². The van der Waals surface area contributed by atoms with Crippen molar-refractivity contribution in [2.24, 2.45) is 5.73 Å². The van der Waals surface area contributed by atoms with Crippen LogP contribution in [0.4, 0.5) is 10.5 Å². The molecule has 0 bridgehead atoms. The summed E-state index contributed by atoms with van der Waals surface area (Å²) in [5.74, 6) is 0.612. The van der Waals surface area contributed by atoms with E-state index in [9.17, 15) is 4.79 Å². The van der Waals surface area contributed by atoms with Gasteiger partial charge in [-0.05, 0) is 51.3 Å². The monoisotopic (exact) mass is 306 g/mol. The fourth-order valence-electron chi connectivity index (χ4n) is 2.76. The van der Waals surface area contributed by atoms with Crippen molar-refractivity contribution in [3.8, 4) is 5.75 Å². The lowest BCUT2D eigenvalue weighted by Crippen LogP contribution is -2.41. The number of methoxy groups -OCH3 is 1. The van der Waals surface area contributed by atoms with Crippen LogP contribution in [0.1, 0.15) is 45.6 Å². The van der Waals surface area contributed by atoms with E-state index in [1.54, 1.807) is 7.11 Å². The van der Waals surface area contributed by atoms with Crippen molar-refractivity contribution in [2.45, 2.75) is 51.0 Å². The van der Waals surface area contributed by atoms with Crippen LogP contribution in [-0.2, 0) is 10.2 Å². The van der Waals surface area contributed by atoms with Gasteiger partial charge in [0.15, 0.2) is 0 Å². The number of rotatable bonds is 4. The summed E-state index contributed by atoms with van der Waals surface area (Å²) in [6.07, 6.45) is 2.87. The van der Waals surface area contributed by atoms with Gasteiger partial charge in [0.25, 0.3) is 0 Å². The Morgan fingerprint density at radius 2 is 2.05 bits per heavy atom. The summed E-state index contributed by atoms with van der Waals surface area (Å²) in [6.45, 7) is 6.11. The highest BCUT2D eigenvalue weighted by atomic mass is 16.6. The van der Waals surface area contributed by atoms with E-state index < -0.39 is 11.7 Å². The Kier molecular flexibility index (Phi) is 4.66. The summed E-state index contributed by atoms with van der Waals surface area (Å²) in [5.41, 5.74) is 7.23. The molecular formula is C17H26N2O3. The number of nitrogens with two attached hydrogens (primary N) is 1. The van der Waals surface area contributed by atoms with Gasteiger partial charge in [-0.2, -0.15) is 0 Å². The molecular weight excluding hydrogens is 280 g/mol. The highest BCUT2D eigenvalue weighted by Gasteiger charge is 2.37. The molecule has 1 aliphatic rings. The molecule has 1 amide bonds. The maximum atomic E-state index is 12.0. The van der Waals surface area contributed by atoms with Crippen LogP contribution in [-0.4, -0.2) is 25.3 Å². The van der Waals surface area contributed by atoms with Crippen LogP contribution in [0.2, 0.25) is 0 Å². The number of nitrogens with one attached hydrogen (secondary N) is 1. The fraction of sp³-hybridized carbons (Fsp3) is 0.588. The Hall–Kier alpha value is -1.75.